The summed E-state index contributed by atoms with van der Waals surface area (Å²) in [6.07, 6.45) is -0.150. The number of carbonyl (C=O) groups excluding carboxylic acids is 2. The van der Waals surface area contributed by atoms with Gasteiger partial charge in [0.05, 0.1) is 6.10 Å². The number of ether oxygens (including phenoxy) is 2. The van der Waals surface area contributed by atoms with Crippen LogP contribution in [0.5, 0.6) is 0 Å². The number of hydrogen-bond acceptors (Lipinski definition) is 4. The van der Waals surface area contributed by atoms with Crippen LogP contribution >= 0.6 is 0 Å². The number of Topliss-reactive ketones (excluding diaryl/α,β-unsaturated/α-hetero) is 1. The molecule has 0 bridgehead atoms. The van der Waals surface area contributed by atoms with Crippen LogP contribution in [-0.2, 0) is 20.8 Å². The van der Waals surface area contributed by atoms with Crippen LogP contribution in [0.3, 0.4) is 0 Å². The number of rotatable bonds is 8. The molecular weight excluding hydrogens is 306 g/mol. The summed E-state index contributed by atoms with van der Waals surface area (Å²) in [4.78, 5) is 25.9. The first-order valence-corrected chi connectivity index (χ1v) is 8.32. The maximum Gasteiger partial charge on any atom is 0.410 e. The van der Waals surface area contributed by atoms with Crippen molar-refractivity contribution in [1.29, 1.82) is 0 Å². The van der Waals surface area contributed by atoms with Gasteiger partial charge in [-0.1, -0.05) is 30.3 Å². The van der Waals surface area contributed by atoms with Crippen LogP contribution < -0.4 is 0 Å². The predicted molar refractivity (Wildman–Crippen MR) is 93.8 cm³/mol. The van der Waals surface area contributed by atoms with Crippen molar-refractivity contribution in [3.63, 3.8) is 0 Å². The Labute approximate surface area is 144 Å². The van der Waals surface area contributed by atoms with Crippen molar-refractivity contribution in [2.75, 3.05) is 13.2 Å². The Bertz CT molecular complexity index is 520. The van der Waals surface area contributed by atoms with Crippen molar-refractivity contribution >= 4 is 11.9 Å². The van der Waals surface area contributed by atoms with Crippen LogP contribution in [0.2, 0.25) is 0 Å². The van der Waals surface area contributed by atoms with E-state index < -0.39 is 11.7 Å². The molecule has 0 unspecified atom stereocenters. The van der Waals surface area contributed by atoms with E-state index >= 15 is 0 Å². The zero-order valence-corrected chi connectivity index (χ0v) is 15.4. The molecule has 0 aliphatic rings. The van der Waals surface area contributed by atoms with Gasteiger partial charge >= 0.3 is 6.09 Å². The fraction of sp³-hybridized carbons (Fsp3) is 0.579. The summed E-state index contributed by atoms with van der Waals surface area (Å²) in [6, 6.07) is 9.66. The van der Waals surface area contributed by atoms with Gasteiger partial charge in [0.15, 0.2) is 5.78 Å². The highest BCUT2D eigenvalue weighted by molar-refractivity contribution is 5.80. The molecule has 0 N–H and O–H groups in total. The first-order valence-electron chi connectivity index (χ1n) is 8.32. The van der Waals surface area contributed by atoms with E-state index in [0.29, 0.717) is 13.1 Å². The minimum Gasteiger partial charge on any atom is -0.444 e. The Kier molecular flexibility index (Phi) is 7.92. The van der Waals surface area contributed by atoms with Gasteiger partial charge < -0.3 is 14.4 Å². The summed E-state index contributed by atoms with van der Waals surface area (Å²) in [6.45, 7) is 10.0. The van der Waals surface area contributed by atoms with Crippen LogP contribution in [-0.4, -0.2) is 41.6 Å². The van der Waals surface area contributed by atoms with Crippen LogP contribution in [0.25, 0.3) is 0 Å². The van der Waals surface area contributed by atoms with E-state index in [1.54, 1.807) is 4.90 Å². The van der Waals surface area contributed by atoms with Gasteiger partial charge in [-0.2, -0.15) is 0 Å². The molecule has 0 fully saturated rings. The Morgan fingerprint density at radius 2 is 1.75 bits per heavy atom. The number of ketones is 1. The van der Waals surface area contributed by atoms with Gasteiger partial charge in [-0.05, 0) is 40.2 Å². The molecule has 5 heteroatoms. The van der Waals surface area contributed by atoms with Gasteiger partial charge in [-0.3, -0.25) is 4.79 Å². The Balaban J connectivity index is 2.67. The SMILES string of the molecule is CC(C)OCC(=O)CCN(Cc1ccccc1)C(=O)OC(C)(C)C. The molecule has 0 aromatic heterocycles. The largest absolute Gasteiger partial charge is 0.444 e. The molecule has 0 heterocycles. The van der Waals surface area contributed by atoms with E-state index in [0.717, 1.165) is 5.56 Å². The molecule has 0 atom stereocenters. The molecule has 5 nitrogen and oxygen atoms in total. The van der Waals surface area contributed by atoms with Crippen molar-refractivity contribution < 1.29 is 19.1 Å². The topological polar surface area (TPSA) is 55.8 Å². The second kappa shape index (κ2) is 9.42. The van der Waals surface area contributed by atoms with E-state index in [1.165, 1.54) is 0 Å². The average molecular weight is 335 g/mol. The maximum atomic E-state index is 12.4. The highest BCUT2D eigenvalue weighted by atomic mass is 16.6. The molecule has 0 aliphatic carbocycles. The molecule has 1 amide bonds. The first kappa shape index (κ1) is 20.2. The number of nitrogens with zero attached hydrogens (tertiary/aromatic N) is 1. The predicted octanol–water partition coefficient (Wildman–Crippen LogP) is 3.81. The second-order valence-corrected chi connectivity index (χ2v) is 7.04. The first-order chi connectivity index (χ1) is 11.2. The highest BCUT2D eigenvalue weighted by Crippen LogP contribution is 2.13. The summed E-state index contributed by atoms with van der Waals surface area (Å²) < 4.78 is 10.8. The lowest BCUT2D eigenvalue weighted by Gasteiger charge is -2.27. The monoisotopic (exact) mass is 335 g/mol. The normalized spacial score (nSPS) is 11.4. The fourth-order valence-electron chi connectivity index (χ4n) is 1.96. The average Bonchev–Trinajstić information content (AvgIpc) is 2.48. The van der Waals surface area contributed by atoms with Crippen LogP contribution in [0.4, 0.5) is 4.79 Å². The molecule has 134 valence electrons. The van der Waals surface area contributed by atoms with E-state index in [4.69, 9.17) is 9.47 Å². The summed E-state index contributed by atoms with van der Waals surface area (Å²) in [7, 11) is 0. The molecule has 0 radical (unpaired) electrons. The van der Waals surface area contributed by atoms with Crippen LogP contribution in [0.1, 0.15) is 46.6 Å². The molecular formula is C19H29NO4. The molecule has 24 heavy (non-hydrogen) atoms. The van der Waals surface area contributed by atoms with Crippen molar-refractivity contribution in [2.24, 2.45) is 0 Å². The second-order valence-electron chi connectivity index (χ2n) is 7.04. The van der Waals surface area contributed by atoms with E-state index in [1.807, 2.05) is 65.0 Å². The van der Waals surface area contributed by atoms with Crippen LogP contribution in [0, 0.1) is 0 Å². The Hall–Kier alpha value is -1.88. The van der Waals surface area contributed by atoms with E-state index in [-0.39, 0.29) is 24.9 Å². The van der Waals surface area contributed by atoms with Crippen LogP contribution in [0.15, 0.2) is 30.3 Å². The van der Waals surface area contributed by atoms with Gasteiger partial charge in [0.2, 0.25) is 0 Å². The van der Waals surface area contributed by atoms with Gasteiger partial charge in [0.25, 0.3) is 0 Å². The zero-order chi connectivity index (χ0) is 18.2. The third-order valence-corrected chi connectivity index (χ3v) is 3.11. The van der Waals surface area contributed by atoms with E-state index in [9.17, 15) is 9.59 Å². The van der Waals surface area contributed by atoms with E-state index in [2.05, 4.69) is 0 Å². The van der Waals surface area contributed by atoms with Crippen molar-refractivity contribution in [3.05, 3.63) is 35.9 Å². The third-order valence-electron chi connectivity index (χ3n) is 3.11. The summed E-state index contributed by atoms with van der Waals surface area (Å²) in [5.74, 6) is -0.0229. The van der Waals surface area contributed by atoms with Gasteiger partial charge in [0, 0.05) is 19.5 Å². The van der Waals surface area contributed by atoms with Gasteiger partial charge in [-0.25, -0.2) is 4.79 Å². The Morgan fingerprint density at radius 3 is 2.29 bits per heavy atom. The molecule has 1 aromatic carbocycles. The zero-order valence-electron chi connectivity index (χ0n) is 15.4. The standard InChI is InChI=1S/C19H29NO4/c1-15(2)23-14-17(21)11-12-20(18(22)24-19(3,4)5)13-16-9-7-6-8-10-16/h6-10,15H,11-14H2,1-5H3. The number of amides is 1. The quantitative estimate of drug-likeness (QED) is 0.725. The Morgan fingerprint density at radius 1 is 1.12 bits per heavy atom. The minimum absolute atomic E-state index is 0.0141. The fourth-order valence-corrected chi connectivity index (χ4v) is 1.96. The number of hydrogen-bond donors (Lipinski definition) is 0. The molecule has 0 aliphatic heterocycles. The molecule has 0 spiro atoms. The molecule has 1 aromatic rings. The number of carbonyl (C=O) groups is 2. The molecule has 1 rings (SSSR count). The third kappa shape index (κ3) is 8.67. The summed E-state index contributed by atoms with van der Waals surface area (Å²) >= 11 is 0. The highest BCUT2D eigenvalue weighted by Gasteiger charge is 2.22. The maximum absolute atomic E-state index is 12.4. The molecule has 0 saturated heterocycles. The van der Waals surface area contributed by atoms with Crippen molar-refractivity contribution in [3.8, 4) is 0 Å². The lowest BCUT2D eigenvalue weighted by Crippen LogP contribution is -2.38. The summed E-state index contributed by atoms with van der Waals surface area (Å²) in [5.41, 5.74) is 0.422. The smallest absolute Gasteiger partial charge is 0.410 e. The minimum atomic E-state index is -0.573. The lowest BCUT2D eigenvalue weighted by atomic mass is 10.2. The lowest BCUT2D eigenvalue weighted by molar-refractivity contribution is -0.125. The van der Waals surface area contributed by atoms with Gasteiger partial charge in [-0.15, -0.1) is 0 Å². The van der Waals surface area contributed by atoms with Gasteiger partial charge in [0.1, 0.15) is 12.2 Å². The van der Waals surface area contributed by atoms with Crippen molar-refractivity contribution in [2.45, 2.75) is 59.3 Å². The number of benzene rings is 1. The van der Waals surface area contributed by atoms with Crippen molar-refractivity contribution in [1.82, 2.24) is 4.90 Å². The summed E-state index contributed by atoms with van der Waals surface area (Å²) in [5, 5.41) is 0. The molecule has 0 saturated carbocycles.